The molecule has 1 fully saturated rings. The van der Waals surface area contributed by atoms with Gasteiger partial charge in [-0.1, -0.05) is 32.1 Å². The van der Waals surface area contributed by atoms with E-state index in [1.54, 1.807) is 0 Å². The highest BCUT2D eigenvalue weighted by molar-refractivity contribution is 7.89. The fourth-order valence-electron chi connectivity index (χ4n) is 3.54. The molecule has 6 nitrogen and oxygen atoms in total. The summed E-state index contributed by atoms with van der Waals surface area (Å²) < 4.78 is 29.1. The Morgan fingerprint density at radius 2 is 1.91 bits per heavy atom. The van der Waals surface area contributed by atoms with Gasteiger partial charge in [0.2, 0.25) is 10.0 Å². The van der Waals surface area contributed by atoms with E-state index >= 15 is 0 Å². The Morgan fingerprint density at radius 3 is 2.73 bits per heavy atom. The van der Waals surface area contributed by atoms with Gasteiger partial charge in [-0.3, -0.25) is 0 Å². The fraction of sp³-hybridized carbons (Fsp3) is 0.867. The van der Waals surface area contributed by atoms with E-state index < -0.39 is 10.0 Å². The van der Waals surface area contributed by atoms with Gasteiger partial charge in [0.05, 0.1) is 12.3 Å². The Kier molecular flexibility index (Phi) is 5.13. The highest BCUT2D eigenvalue weighted by Gasteiger charge is 2.20. The Morgan fingerprint density at radius 1 is 1.09 bits per heavy atom. The third-order valence-corrected chi connectivity index (χ3v) is 6.26. The molecule has 1 saturated carbocycles. The summed E-state index contributed by atoms with van der Waals surface area (Å²) in [5.41, 5.74) is 0. The van der Waals surface area contributed by atoms with Crippen molar-refractivity contribution in [2.75, 3.05) is 5.75 Å². The molecule has 1 aliphatic heterocycles. The summed E-state index contributed by atoms with van der Waals surface area (Å²) in [6.45, 7) is 1.17. The second-order valence-corrected chi connectivity index (χ2v) is 8.50. The molecule has 0 unspecified atom stereocenters. The monoisotopic (exact) mass is 326 g/mol. The molecule has 0 bridgehead atoms. The van der Waals surface area contributed by atoms with E-state index in [0.717, 1.165) is 43.9 Å². The Balaban J connectivity index is 1.50. The standard InChI is InChI=1S/C15H26N4O2S/c20-22(21,11-9-13-6-2-1-3-7-13)16-12-15-18-17-14-8-4-5-10-19(14)15/h13,16H,1-12H2. The topological polar surface area (TPSA) is 76.9 Å². The van der Waals surface area contributed by atoms with E-state index in [4.69, 9.17) is 0 Å². The van der Waals surface area contributed by atoms with Crippen LogP contribution >= 0.6 is 0 Å². The van der Waals surface area contributed by atoms with E-state index in [9.17, 15) is 8.42 Å². The molecule has 0 amide bonds. The summed E-state index contributed by atoms with van der Waals surface area (Å²) >= 11 is 0. The van der Waals surface area contributed by atoms with Crippen LogP contribution in [0.5, 0.6) is 0 Å². The molecule has 3 rings (SSSR count). The number of aromatic nitrogens is 3. The van der Waals surface area contributed by atoms with Crippen LogP contribution in [-0.4, -0.2) is 28.9 Å². The third-order valence-electron chi connectivity index (χ3n) is 4.91. The van der Waals surface area contributed by atoms with Gasteiger partial charge >= 0.3 is 0 Å². The minimum absolute atomic E-state index is 0.235. The van der Waals surface area contributed by atoms with Crippen molar-refractivity contribution in [3.8, 4) is 0 Å². The van der Waals surface area contributed by atoms with E-state index in [1.807, 2.05) is 0 Å². The summed E-state index contributed by atoms with van der Waals surface area (Å²) in [5.74, 6) is 2.56. The molecular formula is C15H26N4O2S. The van der Waals surface area contributed by atoms with Gasteiger partial charge in [-0.15, -0.1) is 10.2 Å². The lowest BCUT2D eigenvalue weighted by Gasteiger charge is -2.21. The molecule has 1 aromatic heterocycles. The molecule has 1 aromatic rings. The molecular weight excluding hydrogens is 300 g/mol. The van der Waals surface area contributed by atoms with Gasteiger partial charge in [0.15, 0.2) is 0 Å². The van der Waals surface area contributed by atoms with Crippen LogP contribution in [0, 0.1) is 5.92 Å². The number of fused-ring (bicyclic) bond motifs is 1. The quantitative estimate of drug-likeness (QED) is 0.867. The zero-order valence-corrected chi connectivity index (χ0v) is 13.9. The predicted octanol–water partition coefficient (Wildman–Crippen LogP) is 2.00. The maximum absolute atomic E-state index is 12.2. The SMILES string of the molecule is O=S(=O)(CCC1CCCCC1)NCc1nnc2n1CCCC2. The largest absolute Gasteiger partial charge is 0.314 e. The first-order valence-electron chi connectivity index (χ1n) is 8.52. The second-order valence-electron chi connectivity index (χ2n) is 6.57. The maximum atomic E-state index is 12.2. The van der Waals surface area contributed by atoms with E-state index in [1.165, 1.54) is 32.1 Å². The van der Waals surface area contributed by atoms with Crippen LogP contribution in [0.2, 0.25) is 0 Å². The number of nitrogens with one attached hydrogen (secondary N) is 1. The average Bonchev–Trinajstić information content (AvgIpc) is 2.96. The van der Waals surface area contributed by atoms with E-state index in [2.05, 4.69) is 19.5 Å². The number of rotatable bonds is 6. The summed E-state index contributed by atoms with van der Waals surface area (Å²) in [6.07, 6.45) is 10.2. The third kappa shape index (κ3) is 4.07. The number of hydrogen-bond donors (Lipinski definition) is 1. The fourth-order valence-corrected chi connectivity index (χ4v) is 4.68. The lowest BCUT2D eigenvalue weighted by atomic mass is 9.88. The Bertz CT molecular complexity index is 591. The minimum Gasteiger partial charge on any atom is -0.314 e. The maximum Gasteiger partial charge on any atom is 0.212 e. The first kappa shape index (κ1) is 15.9. The Hall–Kier alpha value is -0.950. The van der Waals surface area contributed by atoms with Crippen LogP contribution < -0.4 is 4.72 Å². The van der Waals surface area contributed by atoms with Crippen LogP contribution in [0.1, 0.15) is 63.0 Å². The zero-order valence-electron chi connectivity index (χ0n) is 13.1. The molecule has 0 spiro atoms. The number of nitrogens with zero attached hydrogens (tertiary/aromatic N) is 3. The van der Waals surface area contributed by atoms with Gasteiger partial charge in [-0.25, -0.2) is 13.1 Å². The van der Waals surface area contributed by atoms with Crippen LogP contribution in [-0.2, 0) is 29.5 Å². The van der Waals surface area contributed by atoms with Crippen molar-refractivity contribution in [3.05, 3.63) is 11.6 Å². The van der Waals surface area contributed by atoms with E-state index in [-0.39, 0.29) is 12.3 Å². The van der Waals surface area contributed by atoms with Crippen LogP contribution in [0.3, 0.4) is 0 Å². The van der Waals surface area contributed by atoms with Crippen molar-refractivity contribution >= 4 is 10.0 Å². The van der Waals surface area contributed by atoms with Crippen LogP contribution in [0.4, 0.5) is 0 Å². The summed E-state index contributed by atoms with van der Waals surface area (Å²) in [7, 11) is -3.21. The average molecular weight is 326 g/mol. The number of sulfonamides is 1. The van der Waals surface area contributed by atoms with Gasteiger partial charge in [0.1, 0.15) is 11.6 Å². The molecule has 2 aliphatic rings. The van der Waals surface area contributed by atoms with Gasteiger partial charge in [-0.2, -0.15) is 0 Å². The lowest BCUT2D eigenvalue weighted by molar-refractivity contribution is 0.349. The van der Waals surface area contributed by atoms with Crippen molar-refractivity contribution < 1.29 is 8.42 Å². The van der Waals surface area contributed by atoms with Crippen LogP contribution in [0.15, 0.2) is 0 Å². The summed E-state index contributed by atoms with van der Waals surface area (Å²) in [5, 5.41) is 8.29. The molecule has 0 saturated heterocycles. The van der Waals surface area contributed by atoms with Gasteiger partial charge in [0.25, 0.3) is 0 Å². The van der Waals surface area contributed by atoms with Crippen molar-refractivity contribution in [1.82, 2.24) is 19.5 Å². The van der Waals surface area contributed by atoms with Gasteiger partial charge in [-0.05, 0) is 25.2 Å². The molecule has 124 valence electrons. The summed E-state index contributed by atoms with van der Waals surface area (Å²) in [6, 6.07) is 0. The predicted molar refractivity (Wildman–Crippen MR) is 84.8 cm³/mol. The minimum atomic E-state index is -3.21. The van der Waals surface area contributed by atoms with Gasteiger partial charge in [0, 0.05) is 13.0 Å². The first-order chi connectivity index (χ1) is 10.6. The van der Waals surface area contributed by atoms with Crippen molar-refractivity contribution in [2.24, 2.45) is 5.92 Å². The van der Waals surface area contributed by atoms with Crippen molar-refractivity contribution in [3.63, 3.8) is 0 Å². The highest BCUT2D eigenvalue weighted by Crippen LogP contribution is 2.26. The molecule has 0 atom stereocenters. The molecule has 7 heteroatoms. The molecule has 0 aromatic carbocycles. The normalized spacial score (nSPS) is 20.0. The zero-order chi connectivity index (χ0) is 15.4. The highest BCUT2D eigenvalue weighted by atomic mass is 32.2. The molecule has 1 N–H and O–H groups in total. The second kappa shape index (κ2) is 7.08. The lowest BCUT2D eigenvalue weighted by Crippen LogP contribution is -2.29. The summed E-state index contributed by atoms with van der Waals surface area (Å²) in [4.78, 5) is 0. The molecule has 1 aliphatic carbocycles. The number of hydrogen-bond acceptors (Lipinski definition) is 4. The van der Waals surface area contributed by atoms with Crippen molar-refractivity contribution in [1.29, 1.82) is 0 Å². The molecule has 2 heterocycles. The van der Waals surface area contributed by atoms with E-state index in [0.29, 0.717) is 5.92 Å². The first-order valence-corrected chi connectivity index (χ1v) is 10.2. The molecule has 0 radical (unpaired) electrons. The van der Waals surface area contributed by atoms with Gasteiger partial charge < -0.3 is 4.57 Å². The van der Waals surface area contributed by atoms with Crippen LogP contribution in [0.25, 0.3) is 0 Å². The van der Waals surface area contributed by atoms with Crippen molar-refractivity contribution in [2.45, 2.75) is 70.9 Å². The Labute approximate surface area is 132 Å². The number of aryl methyl sites for hydroxylation is 1. The molecule has 22 heavy (non-hydrogen) atoms. The smallest absolute Gasteiger partial charge is 0.212 e.